The maximum Gasteiger partial charge on any atom is 0.253 e. The number of para-hydroxylation sites is 1. The summed E-state index contributed by atoms with van der Waals surface area (Å²) in [6.07, 6.45) is 1.63. The molecular weight excluding hydrogens is 320 g/mol. The molecule has 3 aromatic rings. The first kappa shape index (κ1) is 17.7. The summed E-state index contributed by atoms with van der Waals surface area (Å²) in [5.41, 5.74) is 3.52. The van der Waals surface area contributed by atoms with Gasteiger partial charge in [0.05, 0.1) is 17.1 Å². The van der Waals surface area contributed by atoms with Crippen LogP contribution in [0.4, 0.5) is 0 Å². The molecular formula is C23H22N2O. The molecule has 0 bridgehead atoms. The summed E-state index contributed by atoms with van der Waals surface area (Å²) in [7, 11) is 0. The molecule has 130 valence electrons. The minimum atomic E-state index is -0.226. The van der Waals surface area contributed by atoms with Crippen LogP contribution in [0.1, 0.15) is 35.3 Å². The number of carbonyl (C=O) groups is 1. The topological polar surface area (TPSA) is 42.0 Å². The zero-order valence-corrected chi connectivity index (χ0v) is 15.3. The largest absolute Gasteiger partial charge is 0.338 e. The highest BCUT2D eigenvalue weighted by Gasteiger charge is 2.16. The lowest BCUT2D eigenvalue weighted by atomic mass is 10.0. The van der Waals surface area contributed by atoms with Crippen LogP contribution in [-0.4, -0.2) is 16.9 Å². The number of nitrogens with zero attached hydrogens (tertiary/aromatic N) is 1. The fourth-order valence-corrected chi connectivity index (χ4v) is 2.71. The van der Waals surface area contributed by atoms with Crippen LogP contribution >= 0.6 is 0 Å². The van der Waals surface area contributed by atoms with Crippen LogP contribution < -0.4 is 5.32 Å². The Labute approximate surface area is 154 Å². The van der Waals surface area contributed by atoms with E-state index in [2.05, 4.69) is 22.1 Å². The van der Waals surface area contributed by atoms with E-state index < -0.39 is 0 Å². The van der Waals surface area contributed by atoms with Crippen molar-refractivity contribution in [3.63, 3.8) is 0 Å². The van der Waals surface area contributed by atoms with Crippen molar-refractivity contribution < 1.29 is 4.79 Å². The third-order valence-electron chi connectivity index (χ3n) is 4.27. The lowest BCUT2D eigenvalue weighted by Gasteiger charge is -2.17. The normalized spacial score (nSPS) is 11.7. The van der Waals surface area contributed by atoms with Gasteiger partial charge < -0.3 is 5.32 Å². The molecule has 0 aliphatic rings. The van der Waals surface area contributed by atoms with E-state index in [0.29, 0.717) is 5.56 Å². The predicted molar refractivity (Wildman–Crippen MR) is 106 cm³/mol. The highest BCUT2D eigenvalue weighted by atomic mass is 16.1. The van der Waals surface area contributed by atoms with Gasteiger partial charge in [0.25, 0.3) is 5.91 Å². The molecule has 0 fully saturated rings. The smallest absolute Gasteiger partial charge is 0.253 e. The Kier molecular flexibility index (Phi) is 5.34. The number of benzene rings is 2. The van der Waals surface area contributed by atoms with Gasteiger partial charge in [0, 0.05) is 17.1 Å². The van der Waals surface area contributed by atoms with Crippen molar-refractivity contribution in [1.29, 1.82) is 0 Å². The SMILES string of the molecule is Cc1cccc2cc(C(=O)NC(C#Cc3ccccc3)C(C)C)cnc12. The van der Waals surface area contributed by atoms with Gasteiger partial charge >= 0.3 is 0 Å². The molecule has 2 aromatic carbocycles. The van der Waals surface area contributed by atoms with Gasteiger partial charge in [-0.15, -0.1) is 0 Å². The Morgan fingerprint density at radius 1 is 1.08 bits per heavy atom. The van der Waals surface area contributed by atoms with Crippen LogP contribution in [0, 0.1) is 24.7 Å². The van der Waals surface area contributed by atoms with Gasteiger partial charge in [-0.3, -0.25) is 9.78 Å². The molecule has 3 nitrogen and oxygen atoms in total. The monoisotopic (exact) mass is 342 g/mol. The molecule has 1 amide bonds. The average Bonchev–Trinajstić information content (AvgIpc) is 2.65. The zero-order chi connectivity index (χ0) is 18.5. The van der Waals surface area contributed by atoms with Crippen molar-refractivity contribution in [3.05, 3.63) is 77.5 Å². The van der Waals surface area contributed by atoms with Gasteiger partial charge in [0.15, 0.2) is 0 Å². The fourth-order valence-electron chi connectivity index (χ4n) is 2.71. The van der Waals surface area contributed by atoms with E-state index in [1.54, 1.807) is 6.20 Å². The van der Waals surface area contributed by atoms with E-state index in [-0.39, 0.29) is 17.9 Å². The third-order valence-corrected chi connectivity index (χ3v) is 4.27. The lowest BCUT2D eigenvalue weighted by Crippen LogP contribution is -2.37. The molecule has 0 radical (unpaired) electrons. The van der Waals surface area contributed by atoms with Crippen LogP contribution in [0.5, 0.6) is 0 Å². The Hall–Kier alpha value is -3.12. The zero-order valence-electron chi connectivity index (χ0n) is 15.3. The highest BCUT2D eigenvalue weighted by Crippen LogP contribution is 2.17. The van der Waals surface area contributed by atoms with Crippen molar-refractivity contribution in [2.75, 3.05) is 0 Å². The predicted octanol–water partition coefficient (Wildman–Crippen LogP) is 4.35. The van der Waals surface area contributed by atoms with E-state index >= 15 is 0 Å². The summed E-state index contributed by atoms with van der Waals surface area (Å²) in [6.45, 7) is 6.11. The second-order valence-electron chi connectivity index (χ2n) is 6.70. The maximum atomic E-state index is 12.7. The van der Waals surface area contributed by atoms with Crippen molar-refractivity contribution in [1.82, 2.24) is 10.3 Å². The second-order valence-corrected chi connectivity index (χ2v) is 6.70. The molecule has 0 aliphatic heterocycles. The van der Waals surface area contributed by atoms with E-state index in [1.807, 2.05) is 75.4 Å². The maximum absolute atomic E-state index is 12.7. The van der Waals surface area contributed by atoms with Crippen LogP contribution in [0.15, 0.2) is 60.8 Å². The molecule has 0 saturated heterocycles. The van der Waals surface area contributed by atoms with E-state index in [9.17, 15) is 4.79 Å². The minimum Gasteiger partial charge on any atom is -0.338 e. The fraction of sp³-hybridized carbons (Fsp3) is 0.217. The molecule has 1 aromatic heterocycles. The standard InChI is InChI=1S/C23H22N2O/c1-16(2)21(13-12-18-9-5-4-6-10-18)25-23(26)20-14-19-11-7-8-17(3)22(19)24-15-20/h4-11,14-16,21H,1-3H3,(H,25,26). The summed E-state index contributed by atoms with van der Waals surface area (Å²) >= 11 is 0. The first-order valence-electron chi connectivity index (χ1n) is 8.77. The molecule has 3 rings (SSSR count). The Morgan fingerprint density at radius 3 is 2.58 bits per heavy atom. The first-order valence-corrected chi connectivity index (χ1v) is 8.77. The molecule has 1 unspecified atom stereocenters. The van der Waals surface area contributed by atoms with Gasteiger partial charge in [-0.1, -0.05) is 62.1 Å². The average molecular weight is 342 g/mol. The number of carbonyl (C=O) groups excluding carboxylic acids is 1. The number of hydrogen-bond acceptors (Lipinski definition) is 2. The van der Waals surface area contributed by atoms with E-state index in [1.165, 1.54) is 0 Å². The van der Waals surface area contributed by atoms with Gasteiger partial charge in [-0.05, 0) is 36.6 Å². The van der Waals surface area contributed by atoms with Crippen molar-refractivity contribution in [3.8, 4) is 11.8 Å². The van der Waals surface area contributed by atoms with Gasteiger partial charge in [0.2, 0.25) is 0 Å². The second kappa shape index (κ2) is 7.84. The Balaban J connectivity index is 1.81. The number of aryl methyl sites for hydroxylation is 1. The first-order chi connectivity index (χ1) is 12.5. The Bertz CT molecular complexity index is 981. The van der Waals surface area contributed by atoms with Crippen LogP contribution in [0.25, 0.3) is 10.9 Å². The van der Waals surface area contributed by atoms with Crippen molar-refractivity contribution in [2.45, 2.75) is 26.8 Å². The van der Waals surface area contributed by atoms with Gasteiger partial charge in [0.1, 0.15) is 0 Å². The number of fused-ring (bicyclic) bond motifs is 1. The number of aromatic nitrogens is 1. The summed E-state index contributed by atoms with van der Waals surface area (Å²) in [5, 5.41) is 4.00. The molecule has 1 heterocycles. The Morgan fingerprint density at radius 2 is 1.85 bits per heavy atom. The molecule has 0 spiro atoms. The summed E-state index contributed by atoms with van der Waals surface area (Å²) in [5.74, 6) is 6.37. The van der Waals surface area contributed by atoms with Gasteiger partial charge in [-0.2, -0.15) is 0 Å². The lowest BCUT2D eigenvalue weighted by molar-refractivity contribution is 0.0938. The molecule has 26 heavy (non-hydrogen) atoms. The quantitative estimate of drug-likeness (QED) is 0.719. The summed E-state index contributed by atoms with van der Waals surface area (Å²) < 4.78 is 0. The third kappa shape index (κ3) is 4.10. The summed E-state index contributed by atoms with van der Waals surface area (Å²) in [6, 6.07) is 17.4. The highest BCUT2D eigenvalue weighted by molar-refractivity contribution is 5.98. The summed E-state index contributed by atoms with van der Waals surface area (Å²) in [4.78, 5) is 17.1. The van der Waals surface area contributed by atoms with Crippen LogP contribution in [0.2, 0.25) is 0 Å². The number of pyridine rings is 1. The molecule has 1 atom stereocenters. The van der Waals surface area contributed by atoms with Crippen LogP contribution in [0.3, 0.4) is 0 Å². The number of nitrogens with one attached hydrogen (secondary N) is 1. The van der Waals surface area contributed by atoms with Crippen molar-refractivity contribution >= 4 is 16.8 Å². The number of hydrogen-bond donors (Lipinski definition) is 1. The minimum absolute atomic E-state index is 0.151. The number of amides is 1. The van der Waals surface area contributed by atoms with Crippen LogP contribution in [-0.2, 0) is 0 Å². The molecule has 0 aliphatic carbocycles. The molecule has 3 heteroatoms. The molecule has 0 saturated carbocycles. The van der Waals surface area contributed by atoms with Gasteiger partial charge in [-0.25, -0.2) is 0 Å². The van der Waals surface area contributed by atoms with Crippen molar-refractivity contribution in [2.24, 2.45) is 5.92 Å². The number of rotatable bonds is 3. The van der Waals surface area contributed by atoms with E-state index in [0.717, 1.165) is 22.0 Å². The van der Waals surface area contributed by atoms with E-state index in [4.69, 9.17) is 0 Å². The molecule has 1 N–H and O–H groups in total.